The lowest BCUT2D eigenvalue weighted by atomic mass is 10.1. The highest BCUT2D eigenvalue weighted by Gasteiger charge is 2.11. The lowest BCUT2D eigenvalue weighted by molar-refractivity contribution is -0.121. The molecule has 0 saturated heterocycles. The van der Waals surface area contributed by atoms with E-state index in [1.807, 2.05) is 18.5 Å². The number of likely N-dealkylation sites (N-methyl/N-ethyl adjacent to an activating group) is 1. The zero-order valence-corrected chi connectivity index (χ0v) is 7.00. The van der Waals surface area contributed by atoms with Crippen LogP contribution in [0.25, 0.3) is 0 Å². The maximum atomic E-state index is 11.0. The van der Waals surface area contributed by atoms with E-state index in [0.717, 1.165) is 5.56 Å². The first kappa shape index (κ1) is 8.80. The molecule has 12 heavy (non-hydrogen) atoms. The predicted molar refractivity (Wildman–Crippen MR) is 46.5 cm³/mol. The van der Waals surface area contributed by atoms with Gasteiger partial charge in [0.2, 0.25) is 5.91 Å². The van der Waals surface area contributed by atoms with Crippen LogP contribution in [-0.2, 0) is 11.2 Å². The summed E-state index contributed by atoms with van der Waals surface area (Å²) in [4.78, 5) is 13.9. The molecule has 1 unspecified atom stereocenters. The molecule has 0 aliphatic heterocycles. The monoisotopic (exact) mass is 167 g/mol. The highest BCUT2D eigenvalue weighted by atomic mass is 16.2. The lowest BCUT2D eigenvalue weighted by Crippen LogP contribution is -2.40. The third kappa shape index (κ3) is 2.10. The summed E-state index contributed by atoms with van der Waals surface area (Å²) >= 11 is 0. The second-order valence-corrected chi connectivity index (χ2v) is 2.64. The Bertz CT molecular complexity index is 243. The van der Waals surface area contributed by atoms with E-state index in [1.165, 1.54) is 0 Å². The zero-order valence-electron chi connectivity index (χ0n) is 7.00. The summed E-state index contributed by atoms with van der Waals surface area (Å²) < 4.78 is 0. The molecule has 0 spiro atoms. The number of carbonyl (C=O) groups excluding carboxylic acids is 1. The number of nitrogens with one attached hydrogen (secondary N) is 2. The van der Waals surface area contributed by atoms with Gasteiger partial charge < -0.3 is 16.0 Å². The third-order valence-corrected chi connectivity index (χ3v) is 1.70. The molecule has 4 N–H and O–H groups in total. The third-order valence-electron chi connectivity index (χ3n) is 1.70. The van der Waals surface area contributed by atoms with Gasteiger partial charge in [0, 0.05) is 19.4 Å². The van der Waals surface area contributed by atoms with Gasteiger partial charge in [0.25, 0.3) is 0 Å². The molecule has 0 radical (unpaired) electrons. The highest BCUT2D eigenvalue weighted by Crippen LogP contribution is 1.99. The Balaban J connectivity index is 2.47. The lowest BCUT2D eigenvalue weighted by Gasteiger charge is -2.07. The molecule has 0 fully saturated rings. The number of aromatic nitrogens is 1. The van der Waals surface area contributed by atoms with Crippen molar-refractivity contribution in [1.29, 1.82) is 0 Å². The van der Waals surface area contributed by atoms with Gasteiger partial charge in [-0.3, -0.25) is 4.79 Å². The van der Waals surface area contributed by atoms with Gasteiger partial charge in [-0.1, -0.05) is 0 Å². The average Bonchev–Trinajstić information content (AvgIpc) is 2.55. The molecule has 1 aromatic heterocycles. The van der Waals surface area contributed by atoms with Crippen LogP contribution in [0.1, 0.15) is 5.56 Å². The number of rotatable bonds is 3. The van der Waals surface area contributed by atoms with Crippen molar-refractivity contribution >= 4 is 5.91 Å². The molecule has 1 atom stereocenters. The molecule has 4 nitrogen and oxygen atoms in total. The van der Waals surface area contributed by atoms with Crippen molar-refractivity contribution in [3.63, 3.8) is 0 Å². The first-order valence-electron chi connectivity index (χ1n) is 3.83. The van der Waals surface area contributed by atoms with Crippen molar-refractivity contribution in [2.45, 2.75) is 12.5 Å². The molecular weight excluding hydrogens is 154 g/mol. The SMILES string of the molecule is CNC(=O)C(N)Cc1cc[nH]c1. The van der Waals surface area contributed by atoms with Crippen LogP contribution in [0.15, 0.2) is 18.5 Å². The summed E-state index contributed by atoms with van der Waals surface area (Å²) in [5, 5.41) is 2.50. The summed E-state index contributed by atoms with van der Waals surface area (Å²) in [5.41, 5.74) is 6.64. The number of aromatic amines is 1. The average molecular weight is 167 g/mol. The van der Waals surface area contributed by atoms with Crippen molar-refractivity contribution in [3.05, 3.63) is 24.0 Å². The molecule has 0 bridgehead atoms. The minimum Gasteiger partial charge on any atom is -0.367 e. The van der Waals surface area contributed by atoms with Crippen LogP contribution in [0.5, 0.6) is 0 Å². The van der Waals surface area contributed by atoms with Crippen molar-refractivity contribution < 1.29 is 4.79 Å². The van der Waals surface area contributed by atoms with E-state index in [2.05, 4.69) is 10.3 Å². The van der Waals surface area contributed by atoms with Gasteiger partial charge in [-0.25, -0.2) is 0 Å². The van der Waals surface area contributed by atoms with Gasteiger partial charge in [-0.05, 0) is 18.1 Å². The van der Waals surface area contributed by atoms with Crippen LogP contribution in [0.2, 0.25) is 0 Å². The van der Waals surface area contributed by atoms with E-state index in [-0.39, 0.29) is 5.91 Å². The largest absolute Gasteiger partial charge is 0.367 e. The number of H-pyrrole nitrogens is 1. The smallest absolute Gasteiger partial charge is 0.237 e. The minimum atomic E-state index is -0.453. The Kier molecular flexibility index (Phi) is 2.88. The number of carbonyl (C=O) groups is 1. The van der Waals surface area contributed by atoms with E-state index in [4.69, 9.17) is 5.73 Å². The second-order valence-electron chi connectivity index (χ2n) is 2.64. The molecule has 66 valence electrons. The fourth-order valence-corrected chi connectivity index (χ4v) is 1.02. The number of hydrogen-bond acceptors (Lipinski definition) is 2. The van der Waals surface area contributed by atoms with E-state index in [0.29, 0.717) is 6.42 Å². The standard InChI is InChI=1S/C8H13N3O/c1-10-8(12)7(9)4-6-2-3-11-5-6/h2-3,5,7,11H,4,9H2,1H3,(H,10,12). The van der Waals surface area contributed by atoms with Gasteiger partial charge in [-0.15, -0.1) is 0 Å². The van der Waals surface area contributed by atoms with Crippen LogP contribution in [0.3, 0.4) is 0 Å². The molecular formula is C8H13N3O. The van der Waals surface area contributed by atoms with Crippen molar-refractivity contribution in [3.8, 4) is 0 Å². The zero-order chi connectivity index (χ0) is 8.97. The predicted octanol–water partition coefficient (Wildman–Crippen LogP) is -0.370. The fourth-order valence-electron chi connectivity index (χ4n) is 1.02. The number of nitrogens with two attached hydrogens (primary N) is 1. The van der Waals surface area contributed by atoms with Gasteiger partial charge in [0.05, 0.1) is 6.04 Å². The van der Waals surface area contributed by atoms with Crippen molar-refractivity contribution in [1.82, 2.24) is 10.3 Å². The maximum Gasteiger partial charge on any atom is 0.237 e. The second kappa shape index (κ2) is 3.92. The molecule has 1 aromatic rings. The van der Waals surface area contributed by atoms with Crippen molar-refractivity contribution in [2.75, 3.05) is 7.05 Å². The quantitative estimate of drug-likeness (QED) is 0.575. The summed E-state index contributed by atoms with van der Waals surface area (Å²) in [7, 11) is 1.58. The van der Waals surface area contributed by atoms with E-state index in [9.17, 15) is 4.79 Å². The molecule has 4 heteroatoms. The topological polar surface area (TPSA) is 70.9 Å². The summed E-state index contributed by atoms with van der Waals surface area (Å²) in [6.07, 6.45) is 4.22. The summed E-state index contributed by atoms with van der Waals surface area (Å²) in [6, 6.07) is 1.45. The Morgan fingerprint density at radius 1 is 1.83 bits per heavy atom. The van der Waals surface area contributed by atoms with E-state index in [1.54, 1.807) is 7.05 Å². The van der Waals surface area contributed by atoms with Crippen LogP contribution in [-0.4, -0.2) is 24.0 Å². The van der Waals surface area contributed by atoms with Gasteiger partial charge in [-0.2, -0.15) is 0 Å². The van der Waals surface area contributed by atoms with E-state index < -0.39 is 6.04 Å². The van der Waals surface area contributed by atoms with Gasteiger partial charge in [0.15, 0.2) is 0 Å². The van der Waals surface area contributed by atoms with Gasteiger partial charge in [0.1, 0.15) is 0 Å². The Morgan fingerprint density at radius 3 is 3.08 bits per heavy atom. The minimum absolute atomic E-state index is 0.129. The normalized spacial score (nSPS) is 12.5. The molecule has 0 aliphatic rings. The molecule has 0 aromatic carbocycles. The molecule has 1 amide bonds. The Hall–Kier alpha value is -1.29. The molecule has 1 heterocycles. The van der Waals surface area contributed by atoms with Crippen LogP contribution in [0, 0.1) is 0 Å². The maximum absolute atomic E-state index is 11.0. The summed E-state index contributed by atoms with van der Waals surface area (Å²) in [5.74, 6) is -0.129. The molecule has 0 saturated carbocycles. The fraction of sp³-hybridized carbons (Fsp3) is 0.375. The molecule has 0 aliphatic carbocycles. The molecule has 1 rings (SSSR count). The Labute approximate surface area is 71.2 Å². The van der Waals surface area contributed by atoms with Gasteiger partial charge >= 0.3 is 0 Å². The van der Waals surface area contributed by atoms with Crippen LogP contribution in [0.4, 0.5) is 0 Å². The van der Waals surface area contributed by atoms with E-state index >= 15 is 0 Å². The first-order chi connectivity index (χ1) is 5.74. The highest BCUT2D eigenvalue weighted by molar-refractivity contribution is 5.81. The van der Waals surface area contributed by atoms with Crippen molar-refractivity contribution in [2.24, 2.45) is 5.73 Å². The number of hydrogen-bond donors (Lipinski definition) is 3. The first-order valence-corrected chi connectivity index (χ1v) is 3.83. The Morgan fingerprint density at radius 2 is 2.58 bits per heavy atom. The van der Waals surface area contributed by atoms with Crippen LogP contribution < -0.4 is 11.1 Å². The number of amides is 1. The van der Waals surface area contributed by atoms with Crippen LogP contribution >= 0.6 is 0 Å². The summed E-state index contributed by atoms with van der Waals surface area (Å²) in [6.45, 7) is 0.